The Morgan fingerprint density at radius 3 is 2.32 bits per heavy atom. The van der Waals surface area contributed by atoms with Gasteiger partial charge in [-0.2, -0.15) is 0 Å². The van der Waals surface area contributed by atoms with E-state index in [-0.39, 0.29) is 24.4 Å². The lowest BCUT2D eigenvalue weighted by molar-refractivity contribution is 0.0927. The van der Waals surface area contributed by atoms with Crippen LogP contribution < -0.4 is 25.6 Å². The molecule has 8 heteroatoms. The van der Waals surface area contributed by atoms with Crippen LogP contribution >= 0.6 is 0 Å². The third-order valence-corrected chi connectivity index (χ3v) is 4.33. The van der Waals surface area contributed by atoms with E-state index in [9.17, 15) is 14.4 Å². The number of hydrogen-bond acceptors (Lipinski definition) is 4. The molecule has 0 bridgehead atoms. The van der Waals surface area contributed by atoms with Crippen LogP contribution in [-0.2, 0) is 0 Å². The second-order valence-electron chi connectivity index (χ2n) is 6.17. The van der Waals surface area contributed by atoms with Crippen LogP contribution in [0, 0.1) is 0 Å². The van der Waals surface area contributed by atoms with Crippen molar-refractivity contribution in [2.24, 2.45) is 0 Å². The summed E-state index contributed by atoms with van der Waals surface area (Å²) in [4.78, 5) is 37.7. The van der Waals surface area contributed by atoms with E-state index in [0.29, 0.717) is 42.2 Å². The van der Waals surface area contributed by atoms with Gasteiger partial charge in [-0.15, -0.1) is 0 Å². The van der Waals surface area contributed by atoms with E-state index < -0.39 is 0 Å². The number of hydrogen-bond donors (Lipinski definition) is 3. The number of nitrogens with zero attached hydrogens (tertiary/aromatic N) is 1. The quantitative estimate of drug-likeness (QED) is 0.630. The summed E-state index contributed by atoms with van der Waals surface area (Å²) in [5.74, 6) is 0.191. The fourth-order valence-corrected chi connectivity index (χ4v) is 2.83. The molecule has 1 aliphatic heterocycles. The van der Waals surface area contributed by atoms with Gasteiger partial charge < -0.3 is 20.7 Å². The second-order valence-corrected chi connectivity index (χ2v) is 6.17. The highest BCUT2D eigenvalue weighted by molar-refractivity contribution is 5.98. The number of amides is 4. The Morgan fingerprint density at radius 2 is 1.71 bits per heavy atom. The van der Waals surface area contributed by atoms with Crippen molar-refractivity contribution < 1.29 is 19.1 Å². The Bertz CT molecular complexity index is 867. The van der Waals surface area contributed by atoms with Gasteiger partial charge in [-0.1, -0.05) is 6.07 Å². The third-order valence-electron chi connectivity index (χ3n) is 4.33. The molecule has 28 heavy (non-hydrogen) atoms. The first-order valence-corrected chi connectivity index (χ1v) is 8.94. The summed E-state index contributed by atoms with van der Waals surface area (Å²) in [6, 6.07) is 13.5. The summed E-state index contributed by atoms with van der Waals surface area (Å²) < 4.78 is 5.06. The molecule has 1 aliphatic rings. The van der Waals surface area contributed by atoms with Crippen molar-refractivity contribution in [3.63, 3.8) is 0 Å². The Kier molecular flexibility index (Phi) is 6.11. The predicted molar refractivity (Wildman–Crippen MR) is 105 cm³/mol. The van der Waals surface area contributed by atoms with Crippen molar-refractivity contribution in [1.29, 1.82) is 0 Å². The minimum absolute atomic E-state index is 0.168. The van der Waals surface area contributed by atoms with Gasteiger partial charge in [0.25, 0.3) is 11.8 Å². The molecule has 4 amide bonds. The zero-order valence-electron chi connectivity index (χ0n) is 15.5. The van der Waals surface area contributed by atoms with Crippen molar-refractivity contribution in [3.05, 3.63) is 59.7 Å². The van der Waals surface area contributed by atoms with Gasteiger partial charge in [0.2, 0.25) is 0 Å². The number of ether oxygens (including phenoxy) is 1. The smallest absolute Gasteiger partial charge is 0.321 e. The molecule has 1 heterocycles. The monoisotopic (exact) mass is 382 g/mol. The second kappa shape index (κ2) is 8.90. The number of rotatable bonds is 7. The van der Waals surface area contributed by atoms with Gasteiger partial charge in [0.1, 0.15) is 5.75 Å². The molecule has 0 saturated carbocycles. The van der Waals surface area contributed by atoms with E-state index in [1.165, 1.54) is 0 Å². The molecule has 2 aromatic rings. The van der Waals surface area contributed by atoms with E-state index >= 15 is 0 Å². The number of nitrogens with one attached hydrogen (secondary N) is 3. The van der Waals surface area contributed by atoms with E-state index in [2.05, 4.69) is 16.0 Å². The van der Waals surface area contributed by atoms with Crippen molar-refractivity contribution in [3.8, 4) is 5.75 Å². The lowest BCUT2D eigenvalue weighted by atomic mass is 10.1. The molecule has 1 saturated heterocycles. The van der Waals surface area contributed by atoms with Crippen LogP contribution in [0.1, 0.15) is 20.7 Å². The van der Waals surface area contributed by atoms with Gasteiger partial charge in [0, 0.05) is 43.0 Å². The van der Waals surface area contributed by atoms with Gasteiger partial charge in [0.05, 0.1) is 7.11 Å². The number of carbonyl (C=O) groups is 3. The zero-order chi connectivity index (χ0) is 19.9. The van der Waals surface area contributed by atoms with Crippen LogP contribution in [0.4, 0.5) is 10.5 Å². The molecule has 146 valence electrons. The SMILES string of the molecule is COc1ccc(C(=O)NCCNC(=O)c2cccc(N3CCNC3=O)c2)cc1. The summed E-state index contributed by atoms with van der Waals surface area (Å²) in [6.45, 7) is 1.74. The summed E-state index contributed by atoms with van der Waals surface area (Å²) in [6.07, 6.45) is 0. The van der Waals surface area contributed by atoms with E-state index in [0.717, 1.165) is 0 Å². The Balaban J connectivity index is 1.47. The number of anilines is 1. The molecule has 0 aromatic heterocycles. The molecule has 3 rings (SSSR count). The zero-order valence-corrected chi connectivity index (χ0v) is 15.5. The van der Waals surface area contributed by atoms with E-state index in [1.807, 2.05) is 0 Å². The highest BCUT2D eigenvalue weighted by atomic mass is 16.5. The Labute approximate surface area is 162 Å². The van der Waals surface area contributed by atoms with Crippen LogP contribution in [0.5, 0.6) is 5.75 Å². The fourth-order valence-electron chi connectivity index (χ4n) is 2.83. The van der Waals surface area contributed by atoms with Crippen LogP contribution in [0.2, 0.25) is 0 Å². The van der Waals surface area contributed by atoms with E-state index in [1.54, 1.807) is 60.5 Å². The van der Waals surface area contributed by atoms with Gasteiger partial charge in [-0.25, -0.2) is 4.79 Å². The average Bonchev–Trinajstić information content (AvgIpc) is 3.17. The molecule has 0 atom stereocenters. The Morgan fingerprint density at radius 1 is 1.04 bits per heavy atom. The lowest BCUT2D eigenvalue weighted by Gasteiger charge is -2.15. The van der Waals surface area contributed by atoms with Crippen LogP contribution in [0.15, 0.2) is 48.5 Å². The maximum atomic E-state index is 12.3. The first-order valence-electron chi connectivity index (χ1n) is 8.94. The molecule has 8 nitrogen and oxygen atoms in total. The van der Waals surface area contributed by atoms with Crippen LogP contribution in [-0.4, -0.2) is 51.1 Å². The highest BCUT2D eigenvalue weighted by Crippen LogP contribution is 2.18. The Hall–Kier alpha value is -3.55. The molecule has 0 spiro atoms. The van der Waals surface area contributed by atoms with Crippen LogP contribution in [0.3, 0.4) is 0 Å². The summed E-state index contributed by atoms with van der Waals surface area (Å²) in [5, 5.41) is 8.24. The summed E-state index contributed by atoms with van der Waals surface area (Å²) >= 11 is 0. The first-order chi connectivity index (χ1) is 13.6. The number of benzene rings is 2. The minimum Gasteiger partial charge on any atom is -0.497 e. The van der Waals surface area contributed by atoms with Crippen molar-refractivity contribution in [2.45, 2.75) is 0 Å². The topological polar surface area (TPSA) is 99.8 Å². The van der Waals surface area contributed by atoms with Gasteiger partial charge >= 0.3 is 6.03 Å². The van der Waals surface area contributed by atoms with Crippen molar-refractivity contribution in [2.75, 3.05) is 38.2 Å². The van der Waals surface area contributed by atoms with Gasteiger partial charge in [-0.3, -0.25) is 14.5 Å². The minimum atomic E-state index is -0.264. The summed E-state index contributed by atoms with van der Waals surface area (Å²) in [5.41, 5.74) is 1.65. The predicted octanol–water partition coefficient (Wildman–Crippen LogP) is 1.38. The van der Waals surface area contributed by atoms with E-state index in [4.69, 9.17) is 4.74 Å². The molecule has 0 unspecified atom stereocenters. The molecule has 3 N–H and O–H groups in total. The fraction of sp³-hybridized carbons (Fsp3) is 0.250. The van der Waals surface area contributed by atoms with Crippen molar-refractivity contribution >= 4 is 23.5 Å². The molecule has 1 fully saturated rings. The number of carbonyl (C=O) groups excluding carboxylic acids is 3. The van der Waals surface area contributed by atoms with Crippen LogP contribution in [0.25, 0.3) is 0 Å². The first kappa shape index (κ1) is 19.2. The molecule has 2 aromatic carbocycles. The number of urea groups is 1. The normalized spacial score (nSPS) is 13.0. The van der Waals surface area contributed by atoms with Gasteiger partial charge in [0.15, 0.2) is 0 Å². The molecular formula is C20H22N4O4. The molecule has 0 aliphatic carbocycles. The maximum Gasteiger partial charge on any atom is 0.321 e. The molecular weight excluding hydrogens is 360 g/mol. The highest BCUT2D eigenvalue weighted by Gasteiger charge is 2.21. The summed E-state index contributed by atoms with van der Waals surface area (Å²) in [7, 11) is 1.56. The van der Waals surface area contributed by atoms with Gasteiger partial charge in [-0.05, 0) is 42.5 Å². The lowest BCUT2D eigenvalue weighted by Crippen LogP contribution is -2.34. The van der Waals surface area contributed by atoms with Crippen molar-refractivity contribution in [1.82, 2.24) is 16.0 Å². The third kappa shape index (κ3) is 4.59. The maximum absolute atomic E-state index is 12.3. The number of methoxy groups -OCH3 is 1. The average molecular weight is 382 g/mol. The standard InChI is InChI=1S/C20H22N4O4/c1-28-17-7-5-14(6-8-17)18(25)21-9-10-22-19(26)15-3-2-4-16(13-15)24-12-11-23-20(24)27/h2-8,13H,9-12H2,1H3,(H,21,25)(H,22,26)(H,23,27). The largest absolute Gasteiger partial charge is 0.497 e. The molecule has 0 radical (unpaired) electrons.